The Labute approximate surface area is 121 Å². The maximum Gasteiger partial charge on any atom is 0.162 e. The van der Waals surface area contributed by atoms with Crippen molar-refractivity contribution in [3.63, 3.8) is 0 Å². The van der Waals surface area contributed by atoms with E-state index < -0.39 is 0 Å². The van der Waals surface area contributed by atoms with Crippen LogP contribution in [0.3, 0.4) is 0 Å². The highest BCUT2D eigenvalue weighted by molar-refractivity contribution is 6.02. The van der Waals surface area contributed by atoms with Gasteiger partial charge in [0.2, 0.25) is 0 Å². The molecule has 0 heterocycles. The third-order valence-electron chi connectivity index (χ3n) is 4.31. The van der Waals surface area contributed by atoms with Gasteiger partial charge in [0.1, 0.15) is 5.75 Å². The number of hydrogen-bond donors (Lipinski definition) is 0. The molecule has 0 spiro atoms. The summed E-state index contributed by atoms with van der Waals surface area (Å²) in [5, 5.41) is 0. The topological polar surface area (TPSA) is 26.3 Å². The zero-order chi connectivity index (χ0) is 14.7. The number of benzene rings is 1. The van der Waals surface area contributed by atoms with E-state index in [1.54, 1.807) is 7.11 Å². The molecule has 0 aromatic heterocycles. The normalized spacial score (nSPS) is 25.2. The van der Waals surface area contributed by atoms with Gasteiger partial charge in [-0.2, -0.15) is 0 Å². The lowest BCUT2D eigenvalue weighted by molar-refractivity contribution is -0.122. The highest BCUT2D eigenvalue weighted by Crippen LogP contribution is 2.35. The number of ketones is 1. The summed E-state index contributed by atoms with van der Waals surface area (Å²) in [6, 6.07) is 7.88. The van der Waals surface area contributed by atoms with Crippen LogP contribution in [0.25, 0.3) is 6.08 Å². The van der Waals surface area contributed by atoms with Gasteiger partial charge in [0.25, 0.3) is 0 Å². The number of methoxy groups -OCH3 is 1. The highest BCUT2D eigenvalue weighted by Gasteiger charge is 2.32. The molecule has 1 aliphatic rings. The first-order valence-corrected chi connectivity index (χ1v) is 7.42. The molecule has 1 fully saturated rings. The lowest BCUT2D eigenvalue weighted by Crippen LogP contribution is -2.30. The summed E-state index contributed by atoms with van der Waals surface area (Å²) in [7, 11) is 1.66. The second-order valence-corrected chi connectivity index (χ2v) is 6.07. The van der Waals surface area contributed by atoms with Crippen molar-refractivity contribution in [3.8, 4) is 5.75 Å². The minimum atomic E-state index is 0.190. The zero-order valence-corrected chi connectivity index (χ0v) is 12.8. The van der Waals surface area contributed by atoms with Crippen molar-refractivity contribution in [2.45, 2.75) is 33.6 Å². The molecule has 0 radical (unpaired) electrons. The van der Waals surface area contributed by atoms with Crippen LogP contribution in [-0.4, -0.2) is 12.9 Å². The van der Waals surface area contributed by atoms with E-state index in [0.717, 1.165) is 29.7 Å². The maximum absolute atomic E-state index is 12.6. The zero-order valence-electron chi connectivity index (χ0n) is 12.8. The number of rotatable bonds is 3. The highest BCUT2D eigenvalue weighted by atomic mass is 16.5. The van der Waals surface area contributed by atoms with Crippen LogP contribution in [0.15, 0.2) is 29.8 Å². The predicted octanol–water partition coefficient (Wildman–Crippen LogP) is 4.35. The van der Waals surface area contributed by atoms with E-state index in [0.29, 0.717) is 17.6 Å². The molecule has 108 valence electrons. The fourth-order valence-electron chi connectivity index (χ4n) is 2.90. The van der Waals surface area contributed by atoms with E-state index in [9.17, 15) is 4.79 Å². The molecule has 1 aromatic rings. The molecule has 2 unspecified atom stereocenters. The van der Waals surface area contributed by atoms with Gasteiger partial charge in [-0.3, -0.25) is 4.79 Å². The fourth-order valence-corrected chi connectivity index (χ4v) is 2.90. The smallest absolute Gasteiger partial charge is 0.162 e. The Morgan fingerprint density at radius 2 is 1.85 bits per heavy atom. The SMILES string of the molecule is COc1ccc(/C=C2/C(=O)C(C(C)C)CCC2C)cc1. The van der Waals surface area contributed by atoms with Gasteiger partial charge in [-0.15, -0.1) is 0 Å². The summed E-state index contributed by atoms with van der Waals surface area (Å²) in [4.78, 5) is 12.6. The van der Waals surface area contributed by atoms with Gasteiger partial charge < -0.3 is 4.74 Å². The molecule has 1 aliphatic carbocycles. The van der Waals surface area contributed by atoms with E-state index in [4.69, 9.17) is 4.74 Å². The van der Waals surface area contributed by atoms with E-state index in [1.165, 1.54) is 0 Å². The monoisotopic (exact) mass is 272 g/mol. The second-order valence-electron chi connectivity index (χ2n) is 6.07. The summed E-state index contributed by atoms with van der Waals surface area (Å²) in [6.07, 6.45) is 4.19. The standard InChI is InChI=1S/C18H24O2/c1-12(2)16-10-5-13(3)17(18(16)19)11-14-6-8-15(20-4)9-7-14/h6-9,11-13,16H,5,10H2,1-4H3/b17-11+. The summed E-state index contributed by atoms with van der Waals surface area (Å²) >= 11 is 0. The molecule has 2 nitrogen and oxygen atoms in total. The number of ether oxygens (including phenoxy) is 1. The molecular weight excluding hydrogens is 248 g/mol. The molecule has 2 heteroatoms. The minimum absolute atomic E-state index is 0.190. The van der Waals surface area contributed by atoms with Gasteiger partial charge in [-0.05, 0) is 54.0 Å². The molecule has 0 aliphatic heterocycles. The Morgan fingerprint density at radius 3 is 2.40 bits per heavy atom. The first-order valence-electron chi connectivity index (χ1n) is 7.42. The molecule has 0 saturated heterocycles. The Balaban J connectivity index is 2.27. The molecule has 2 atom stereocenters. The van der Waals surface area contributed by atoms with E-state index in [1.807, 2.05) is 24.3 Å². The van der Waals surface area contributed by atoms with E-state index in [2.05, 4.69) is 26.8 Å². The van der Waals surface area contributed by atoms with E-state index in [-0.39, 0.29) is 5.92 Å². The summed E-state index contributed by atoms with van der Waals surface area (Å²) in [6.45, 7) is 6.44. The number of carbonyl (C=O) groups is 1. The maximum atomic E-state index is 12.6. The van der Waals surface area contributed by atoms with Crippen molar-refractivity contribution in [3.05, 3.63) is 35.4 Å². The first-order chi connectivity index (χ1) is 9.52. The summed E-state index contributed by atoms with van der Waals surface area (Å²) < 4.78 is 5.16. The lowest BCUT2D eigenvalue weighted by atomic mass is 9.73. The second kappa shape index (κ2) is 6.25. The average Bonchev–Trinajstić information content (AvgIpc) is 2.43. The van der Waals surface area contributed by atoms with Crippen molar-refractivity contribution < 1.29 is 9.53 Å². The predicted molar refractivity (Wildman–Crippen MR) is 82.7 cm³/mol. The molecule has 1 saturated carbocycles. The minimum Gasteiger partial charge on any atom is -0.497 e. The van der Waals surface area contributed by atoms with Crippen LogP contribution in [0.1, 0.15) is 39.2 Å². The van der Waals surface area contributed by atoms with Gasteiger partial charge in [0.15, 0.2) is 5.78 Å². The number of allylic oxidation sites excluding steroid dienone is 1. The lowest BCUT2D eigenvalue weighted by Gasteiger charge is -2.30. The van der Waals surface area contributed by atoms with Gasteiger partial charge in [-0.25, -0.2) is 0 Å². The molecular formula is C18H24O2. The van der Waals surface area contributed by atoms with Crippen LogP contribution in [-0.2, 0) is 4.79 Å². The molecule has 0 bridgehead atoms. The summed E-state index contributed by atoms with van der Waals surface area (Å²) in [5.74, 6) is 2.16. The third-order valence-corrected chi connectivity index (χ3v) is 4.31. The van der Waals surface area contributed by atoms with Gasteiger partial charge in [0.05, 0.1) is 7.11 Å². The molecule has 1 aromatic carbocycles. The third kappa shape index (κ3) is 3.12. The van der Waals surface area contributed by atoms with Crippen molar-refractivity contribution in [2.75, 3.05) is 7.11 Å². The summed E-state index contributed by atoms with van der Waals surface area (Å²) in [5.41, 5.74) is 2.06. The van der Waals surface area contributed by atoms with Crippen LogP contribution in [0.2, 0.25) is 0 Å². The van der Waals surface area contributed by atoms with Crippen LogP contribution < -0.4 is 4.74 Å². The Kier molecular flexibility index (Phi) is 4.64. The molecule has 0 amide bonds. The van der Waals surface area contributed by atoms with Gasteiger partial charge >= 0.3 is 0 Å². The first kappa shape index (κ1) is 14.8. The quantitative estimate of drug-likeness (QED) is 0.765. The number of carbonyl (C=O) groups excluding carboxylic acids is 1. The molecule has 20 heavy (non-hydrogen) atoms. The Hall–Kier alpha value is -1.57. The molecule has 2 rings (SSSR count). The average molecular weight is 272 g/mol. The van der Waals surface area contributed by atoms with Crippen LogP contribution in [0, 0.1) is 17.8 Å². The van der Waals surface area contributed by atoms with Crippen molar-refractivity contribution >= 4 is 11.9 Å². The Bertz CT molecular complexity index is 497. The number of hydrogen-bond acceptors (Lipinski definition) is 2. The number of Topliss-reactive ketones (excluding diaryl/α,β-unsaturated/α-hetero) is 1. The Morgan fingerprint density at radius 1 is 1.20 bits per heavy atom. The van der Waals surface area contributed by atoms with Crippen LogP contribution >= 0.6 is 0 Å². The van der Waals surface area contributed by atoms with E-state index >= 15 is 0 Å². The fraction of sp³-hybridized carbons (Fsp3) is 0.500. The largest absolute Gasteiger partial charge is 0.497 e. The van der Waals surface area contributed by atoms with Crippen LogP contribution in [0.5, 0.6) is 5.75 Å². The van der Waals surface area contributed by atoms with Crippen LogP contribution in [0.4, 0.5) is 0 Å². The van der Waals surface area contributed by atoms with Crippen molar-refractivity contribution in [1.82, 2.24) is 0 Å². The molecule has 0 N–H and O–H groups in total. The van der Waals surface area contributed by atoms with Crippen molar-refractivity contribution in [2.24, 2.45) is 17.8 Å². The van der Waals surface area contributed by atoms with Gasteiger partial charge in [-0.1, -0.05) is 32.9 Å². The van der Waals surface area contributed by atoms with Crippen molar-refractivity contribution in [1.29, 1.82) is 0 Å². The van der Waals surface area contributed by atoms with Gasteiger partial charge in [0, 0.05) is 5.92 Å².